The number of esters is 1. The molecule has 0 aliphatic heterocycles. The van der Waals surface area contributed by atoms with Crippen LogP contribution in [0.5, 0.6) is 0 Å². The number of ketones is 1. The highest BCUT2D eigenvalue weighted by molar-refractivity contribution is 9.09. The monoisotopic (exact) mass is 385 g/mol. The highest BCUT2D eigenvalue weighted by atomic mass is 79.9. The van der Waals surface area contributed by atoms with Crippen molar-refractivity contribution in [3.8, 4) is 0 Å². The van der Waals surface area contributed by atoms with Crippen LogP contribution in [0.1, 0.15) is 26.3 Å². The van der Waals surface area contributed by atoms with Crippen LogP contribution >= 0.6 is 15.9 Å². The predicted octanol–water partition coefficient (Wildman–Crippen LogP) is 2.59. The molecule has 0 bridgehead atoms. The summed E-state index contributed by atoms with van der Waals surface area (Å²) in [5, 5.41) is 2.16. The lowest BCUT2D eigenvalue weighted by atomic mass is 10.1. The molecular formula is C16H20BrNO5. The molecule has 1 amide bonds. The number of Topliss-reactive ketones (excluding diaryl/α,β-unsaturated/α-hetero) is 1. The van der Waals surface area contributed by atoms with Crippen molar-refractivity contribution in [3.63, 3.8) is 0 Å². The van der Waals surface area contributed by atoms with Crippen LogP contribution in [-0.2, 0) is 25.7 Å². The quantitative estimate of drug-likeness (QED) is 0.462. The highest BCUT2D eigenvalue weighted by Gasteiger charge is 2.32. The minimum absolute atomic E-state index is 0.0379. The minimum Gasteiger partial charge on any atom is -0.458 e. The van der Waals surface area contributed by atoms with Gasteiger partial charge >= 0.3 is 12.1 Å². The molecule has 1 aromatic rings. The third kappa shape index (κ3) is 7.27. The Morgan fingerprint density at radius 3 is 2.30 bits per heavy atom. The second kappa shape index (κ2) is 8.67. The second-order valence-electron chi connectivity index (χ2n) is 5.77. The highest BCUT2D eigenvalue weighted by Crippen LogP contribution is 2.10. The number of rotatable bonds is 6. The molecule has 0 heterocycles. The SMILES string of the molecule is CC(C)(C)OC(=O)C(NC(=O)OCc1ccccc1)C(=O)CBr. The Hall–Kier alpha value is -1.89. The fourth-order valence-electron chi connectivity index (χ4n) is 1.59. The standard InChI is InChI=1S/C16H20BrNO5/c1-16(2,3)23-14(20)13(12(19)9-17)18-15(21)22-10-11-7-5-4-6-8-11/h4-8,13H,9-10H2,1-3H3,(H,18,21). The van der Waals surface area contributed by atoms with E-state index in [1.54, 1.807) is 32.9 Å². The predicted molar refractivity (Wildman–Crippen MR) is 88.2 cm³/mol. The van der Waals surface area contributed by atoms with E-state index < -0.39 is 29.5 Å². The average Bonchev–Trinajstić information content (AvgIpc) is 2.49. The maximum Gasteiger partial charge on any atom is 0.408 e. The van der Waals surface area contributed by atoms with Crippen LogP contribution in [-0.4, -0.2) is 34.8 Å². The van der Waals surface area contributed by atoms with Crippen LogP contribution in [0, 0.1) is 0 Å². The van der Waals surface area contributed by atoms with Gasteiger partial charge < -0.3 is 14.8 Å². The molecular weight excluding hydrogens is 366 g/mol. The molecule has 1 unspecified atom stereocenters. The minimum atomic E-state index is -1.41. The zero-order valence-electron chi connectivity index (χ0n) is 13.3. The summed E-state index contributed by atoms with van der Waals surface area (Å²) in [4.78, 5) is 35.7. The van der Waals surface area contributed by atoms with Gasteiger partial charge in [-0.2, -0.15) is 0 Å². The number of carbonyl (C=O) groups excluding carboxylic acids is 3. The molecule has 7 heteroatoms. The summed E-state index contributed by atoms with van der Waals surface area (Å²) in [5.74, 6) is -1.34. The van der Waals surface area contributed by atoms with Crippen molar-refractivity contribution in [3.05, 3.63) is 35.9 Å². The molecule has 1 N–H and O–H groups in total. The zero-order valence-corrected chi connectivity index (χ0v) is 14.9. The van der Waals surface area contributed by atoms with Gasteiger partial charge in [0.05, 0.1) is 5.33 Å². The third-order valence-electron chi connectivity index (χ3n) is 2.57. The molecule has 1 rings (SSSR count). The molecule has 0 aromatic heterocycles. The van der Waals surface area contributed by atoms with Gasteiger partial charge in [-0.3, -0.25) is 4.79 Å². The van der Waals surface area contributed by atoms with Crippen molar-refractivity contribution in [2.24, 2.45) is 0 Å². The van der Waals surface area contributed by atoms with E-state index in [-0.39, 0.29) is 11.9 Å². The number of benzene rings is 1. The maximum atomic E-state index is 12.0. The van der Waals surface area contributed by atoms with Gasteiger partial charge in [-0.15, -0.1) is 0 Å². The Kier molecular flexibility index (Phi) is 7.22. The fraction of sp³-hybridized carbons (Fsp3) is 0.438. The summed E-state index contributed by atoms with van der Waals surface area (Å²) >= 11 is 2.98. The number of amides is 1. The summed E-state index contributed by atoms with van der Waals surface area (Å²) in [5.41, 5.74) is 0.0284. The Morgan fingerprint density at radius 2 is 1.78 bits per heavy atom. The number of alkyl carbamates (subject to hydrolysis) is 1. The van der Waals surface area contributed by atoms with Crippen molar-refractivity contribution in [1.29, 1.82) is 0 Å². The Morgan fingerprint density at radius 1 is 1.17 bits per heavy atom. The molecule has 126 valence electrons. The second-order valence-corrected chi connectivity index (χ2v) is 6.33. The number of nitrogens with one attached hydrogen (secondary N) is 1. The summed E-state index contributed by atoms with van der Waals surface area (Å²) in [7, 11) is 0. The molecule has 1 atom stereocenters. The van der Waals surface area contributed by atoms with E-state index in [2.05, 4.69) is 21.2 Å². The maximum absolute atomic E-state index is 12.0. The van der Waals surface area contributed by atoms with Crippen LogP contribution < -0.4 is 5.32 Å². The van der Waals surface area contributed by atoms with E-state index in [1.807, 2.05) is 18.2 Å². The van der Waals surface area contributed by atoms with E-state index in [1.165, 1.54) is 0 Å². The smallest absolute Gasteiger partial charge is 0.408 e. The summed E-state index contributed by atoms with van der Waals surface area (Å²) < 4.78 is 10.1. The molecule has 0 saturated heterocycles. The molecule has 0 radical (unpaired) electrons. The first-order chi connectivity index (χ1) is 10.7. The van der Waals surface area contributed by atoms with Crippen molar-refractivity contribution in [2.45, 2.75) is 39.0 Å². The van der Waals surface area contributed by atoms with Gasteiger partial charge in [0, 0.05) is 0 Å². The molecule has 0 saturated carbocycles. The molecule has 6 nitrogen and oxygen atoms in total. The van der Waals surface area contributed by atoms with Crippen molar-refractivity contribution in [1.82, 2.24) is 5.32 Å². The molecule has 0 aliphatic carbocycles. The van der Waals surface area contributed by atoms with E-state index in [9.17, 15) is 14.4 Å². The molecule has 1 aromatic carbocycles. The van der Waals surface area contributed by atoms with Crippen molar-refractivity contribution in [2.75, 3.05) is 5.33 Å². The molecule has 0 aliphatic rings. The number of halogens is 1. The van der Waals surface area contributed by atoms with Gasteiger partial charge in [-0.05, 0) is 26.3 Å². The van der Waals surface area contributed by atoms with E-state index in [0.717, 1.165) is 5.56 Å². The molecule has 0 spiro atoms. The Balaban J connectivity index is 2.64. The number of carbonyl (C=O) groups is 3. The van der Waals surface area contributed by atoms with E-state index >= 15 is 0 Å². The van der Waals surface area contributed by atoms with Crippen LogP contribution in [0.15, 0.2) is 30.3 Å². The number of ether oxygens (including phenoxy) is 2. The first-order valence-electron chi connectivity index (χ1n) is 7.01. The zero-order chi connectivity index (χ0) is 17.5. The Labute approximate surface area is 143 Å². The van der Waals surface area contributed by atoms with Crippen LogP contribution in [0.2, 0.25) is 0 Å². The first-order valence-corrected chi connectivity index (χ1v) is 8.14. The van der Waals surface area contributed by atoms with Crippen molar-refractivity contribution >= 4 is 33.8 Å². The Bertz CT molecular complexity index is 553. The average molecular weight is 386 g/mol. The van der Waals surface area contributed by atoms with Gasteiger partial charge in [-0.25, -0.2) is 9.59 Å². The lowest BCUT2D eigenvalue weighted by Crippen LogP contribution is -2.49. The molecule has 0 fully saturated rings. The van der Waals surface area contributed by atoms with E-state index in [4.69, 9.17) is 9.47 Å². The van der Waals surface area contributed by atoms with Crippen LogP contribution in [0.3, 0.4) is 0 Å². The topological polar surface area (TPSA) is 81.7 Å². The summed E-state index contributed by atoms with van der Waals surface area (Å²) in [6.07, 6.45) is -0.862. The number of alkyl halides is 1. The number of hydrogen-bond donors (Lipinski definition) is 1. The van der Waals surface area contributed by atoms with Crippen LogP contribution in [0.4, 0.5) is 4.79 Å². The normalized spacial score (nSPS) is 12.2. The summed E-state index contributed by atoms with van der Waals surface area (Å²) in [6.45, 7) is 5.06. The van der Waals surface area contributed by atoms with Gasteiger partial charge in [0.25, 0.3) is 0 Å². The largest absolute Gasteiger partial charge is 0.458 e. The fourth-order valence-corrected chi connectivity index (χ4v) is 1.92. The molecule has 23 heavy (non-hydrogen) atoms. The van der Waals surface area contributed by atoms with Gasteiger partial charge in [0.15, 0.2) is 11.8 Å². The van der Waals surface area contributed by atoms with E-state index in [0.29, 0.717) is 0 Å². The van der Waals surface area contributed by atoms with Crippen LogP contribution in [0.25, 0.3) is 0 Å². The van der Waals surface area contributed by atoms with Gasteiger partial charge in [-0.1, -0.05) is 46.3 Å². The van der Waals surface area contributed by atoms with Crippen molar-refractivity contribution < 1.29 is 23.9 Å². The lowest BCUT2D eigenvalue weighted by molar-refractivity contribution is -0.158. The lowest BCUT2D eigenvalue weighted by Gasteiger charge is -2.23. The number of hydrogen-bond acceptors (Lipinski definition) is 5. The van der Waals surface area contributed by atoms with Gasteiger partial charge in [0.1, 0.15) is 12.2 Å². The third-order valence-corrected chi connectivity index (χ3v) is 3.12. The summed E-state index contributed by atoms with van der Waals surface area (Å²) in [6, 6.07) is 7.65. The van der Waals surface area contributed by atoms with Gasteiger partial charge in [0.2, 0.25) is 0 Å². The first kappa shape index (κ1) is 19.2.